The standard InChI is InChI=1S/C98H72BN3O2/c1-97(2,3)67-56-77(63-33-15-9-16-34-63)94(79(58-67)73-41-28-48-91-92(73)76-40-22-26-47-90(76)103-91)102-86-60-69(100-83-44-23-19-37-70(83)71-38-20-24-45-84(71)100)50-51-81(86)99-82-53-65(61-29-11-7-12-30-61)49-52-85(82)101(87-54-66(55-88(102)93(87)99)62-31-13-8-14-32-62)95-78(64-35-17-10-18-36-64)57-68(98(4,5)6)59-80(95)75-43-27-42-74-72-39-21-25-46-89(72)104-96(74)75/h7-60H,1-6H3/i19D,20D,23D,24D,37D,38D,44D,45D. The third kappa shape index (κ3) is 9.62. The van der Waals surface area contributed by atoms with Crippen molar-refractivity contribution < 1.29 is 19.8 Å². The number of rotatable bonds is 9. The molecule has 2 aliphatic rings. The van der Waals surface area contributed by atoms with Crippen molar-refractivity contribution in [2.24, 2.45) is 0 Å². The van der Waals surface area contributed by atoms with Crippen LogP contribution in [0.2, 0.25) is 0 Å². The molecule has 0 unspecified atom stereocenters. The van der Waals surface area contributed by atoms with Crippen LogP contribution in [-0.4, -0.2) is 11.3 Å². The molecule has 3 aromatic heterocycles. The van der Waals surface area contributed by atoms with Gasteiger partial charge in [-0.3, -0.25) is 0 Å². The highest BCUT2D eigenvalue weighted by Gasteiger charge is 2.46. The predicted octanol–water partition coefficient (Wildman–Crippen LogP) is 25.3. The SMILES string of the molecule is [2H]c1c([2H])c([2H])c2c(c1[2H])c1c([2H])c([2H])c([2H])c([2H])c1n2-c1ccc2c(c1)N(c1c(-c3ccccc3)cc(C(C)(C)C)cc1-c1cccc3oc4ccccc4c13)c1cc(-c3ccccc3)cc3c1B2c1cc(-c2ccccc2)ccc1N3c1c(-c2ccccc2)cc(C(C)(C)C)cc1-c1cccc2c1oc1ccccc12. The average Bonchev–Trinajstić information content (AvgIpc) is 1.04. The molecule has 104 heavy (non-hydrogen) atoms. The molecule has 0 radical (unpaired) electrons. The molecule has 0 saturated carbocycles. The van der Waals surface area contributed by atoms with Crippen LogP contribution in [0.3, 0.4) is 0 Å². The van der Waals surface area contributed by atoms with Gasteiger partial charge in [0.1, 0.15) is 22.3 Å². The molecule has 0 N–H and O–H groups in total. The first kappa shape index (κ1) is 53.3. The number of nitrogens with zero attached hydrogens (tertiary/aromatic N) is 3. The normalized spacial score (nSPS) is 13.9. The summed E-state index contributed by atoms with van der Waals surface area (Å²) in [6.45, 7) is 13.1. The number of anilines is 6. The minimum atomic E-state index is -0.562. The number of para-hydroxylation sites is 5. The van der Waals surface area contributed by atoms with Crippen molar-refractivity contribution in [3.05, 3.63) is 339 Å². The Hall–Kier alpha value is -12.6. The van der Waals surface area contributed by atoms with E-state index in [4.69, 9.17) is 11.6 Å². The van der Waals surface area contributed by atoms with Crippen molar-refractivity contribution in [2.75, 3.05) is 9.80 Å². The first-order valence-electron chi connectivity index (χ1n) is 39.7. The van der Waals surface area contributed by atoms with E-state index in [1.165, 1.54) is 0 Å². The summed E-state index contributed by atoms with van der Waals surface area (Å²) in [6.07, 6.45) is 0. The van der Waals surface area contributed by atoms with Gasteiger partial charge in [-0.05, 0) is 162 Å². The van der Waals surface area contributed by atoms with Crippen molar-refractivity contribution >= 4 is 123 Å². The van der Waals surface area contributed by atoms with Crippen molar-refractivity contribution in [3.8, 4) is 72.4 Å². The van der Waals surface area contributed by atoms with Crippen molar-refractivity contribution in [1.82, 2.24) is 4.57 Å². The van der Waals surface area contributed by atoms with E-state index in [0.717, 1.165) is 172 Å². The Morgan fingerprint density at radius 3 is 1.40 bits per heavy atom. The maximum Gasteiger partial charge on any atom is 0.252 e. The predicted molar refractivity (Wildman–Crippen MR) is 439 cm³/mol. The number of furan rings is 2. The maximum atomic E-state index is 9.93. The fourth-order valence-corrected chi connectivity index (χ4v) is 16.6. The summed E-state index contributed by atoms with van der Waals surface area (Å²) in [5, 5.41) is 3.91. The van der Waals surface area contributed by atoms with Crippen molar-refractivity contribution in [3.63, 3.8) is 0 Å². The van der Waals surface area contributed by atoms with Gasteiger partial charge in [0, 0.05) is 88.6 Å². The van der Waals surface area contributed by atoms with Crippen molar-refractivity contribution in [2.45, 2.75) is 52.4 Å². The molecule has 0 spiro atoms. The second-order valence-corrected chi connectivity index (χ2v) is 29.7. The Balaban J connectivity index is 1.01. The molecule has 0 atom stereocenters. The highest BCUT2D eigenvalue weighted by atomic mass is 16.3. The van der Waals surface area contributed by atoms with Gasteiger partial charge in [0.25, 0.3) is 6.71 Å². The molecule has 2 aliphatic heterocycles. The molecule has 494 valence electrons. The van der Waals surface area contributed by atoms with Crippen LogP contribution in [0.5, 0.6) is 0 Å². The summed E-state index contributed by atoms with van der Waals surface area (Å²) in [6, 6.07) is 95.7. The number of hydrogen-bond donors (Lipinski definition) is 0. The Morgan fingerprint density at radius 1 is 0.317 bits per heavy atom. The van der Waals surface area contributed by atoms with E-state index >= 15 is 0 Å². The fourth-order valence-electron chi connectivity index (χ4n) is 16.6. The zero-order valence-corrected chi connectivity index (χ0v) is 58.3. The molecular formula is C98H72BN3O2. The van der Waals surface area contributed by atoms with Gasteiger partial charge in [-0.1, -0.05) is 284 Å². The quantitative estimate of drug-likeness (QED) is 0.135. The Morgan fingerprint density at radius 2 is 0.798 bits per heavy atom. The van der Waals surface area contributed by atoms with Gasteiger partial charge in [0.05, 0.1) is 33.4 Å². The van der Waals surface area contributed by atoms with Crippen LogP contribution in [0.15, 0.2) is 336 Å². The van der Waals surface area contributed by atoms with Gasteiger partial charge in [0.15, 0.2) is 0 Å². The van der Waals surface area contributed by atoms with Crippen LogP contribution in [-0.2, 0) is 10.8 Å². The molecule has 5 heterocycles. The largest absolute Gasteiger partial charge is 0.456 e. The van der Waals surface area contributed by atoms with Gasteiger partial charge in [0.2, 0.25) is 0 Å². The van der Waals surface area contributed by atoms with Gasteiger partial charge in [-0.25, -0.2) is 0 Å². The number of fused-ring (bicyclic) bond motifs is 13. The molecule has 18 aromatic rings. The van der Waals surface area contributed by atoms with Gasteiger partial charge < -0.3 is 23.2 Å². The minimum Gasteiger partial charge on any atom is -0.456 e. The summed E-state index contributed by atoms with van der Waals surface area (Å²) in [7, 11) is 0. The van der Waals surface area contributed by atoms with E-state index in [1.807, 2.05) is 36.4 Å². The Labute approximate surface area is 617 Å². The lowest BCUT2D eigenvalue weighted by Crippen LogP contribution is -2.61. The van der Waals surface area contributed by atoms with E-state index in [9.17, 15) is 8.22 Å². The highest BCUT2D eigenvalue weighted by molar-refractivity contribution is 7.00. The number of hydrogen-bond acceptors (Lipinski definition) is 4. The molecule has 20 rings (SSSR count). The average molecular weight is 1340 g/mol. The fraction of sp³-hybridized carbons (Fsp3) is 0.0816. The van der Waals surface area contributed by atoms with Crippen LogP contribution in [0, 0.1) is 0 Å². The third-order valence-electron chi connectivity index (χ3n) is 21.5. The van der Waals surface area contributed by atoms with Crippen LogP contribution >= 0.6 is 0 Å². The molecule has 0 amide bonds. The van der Waals surface area contributed by atoms with Gasteiger partial charge >= 0.3 is 0 Å². The van der Waals surface area contributed by atoms with E-state index in [0.29, 0.717) is 5.69 Å². The second kappa shape index (κ2) is 23.5. The minimum absolute atomic E-state index is 0.00649. The van der Waals surface area contributed by atoms with Crippen LogP contribution in [0.4, 0.5) is 34.1 Å². The zero-order valence-electron chi connectivity index (χ0n) is 66.3. The van der Waals surface area contributed by atoms with Crippen LogP contribution in [0.1, 0.15) is 63.6 Å². The molecule has 0 bridgehead atoms. The Bertz CT molecular complexity index is 6940. The van der Waals surface area contributed by atoms with E-state index in [-0.39, 0.29) is 39.3 Å². The summed E-state index contributed by atoms with van der Waals surface area (Å²) >= 11 is 0. The zero-order chi connectivity index (χ0) is 76.7. The van der Waals surface area contributed by atoms with Crippen LogP contribution in [0.25, 0.3) is 138 Å². The van der Waals surface area contributed by atoms with Crippen LogP contribution < -0.4 is 26.2 Å². The molecule has 6 heteroatoms. The van der Waals surface area contributed by atoms with E-state index in [2.05, 4.69) is 294 Å². The second-order valence-electron chi connectivity index (χ2n) is 29.7. The first-order valence-corrected chi connectivity index (χ1v) is 35.7. The summed E-state index contributed by atoms with van der Waals surface area (Å²) in [5.41, 5.74) is 24.6. The van der Waals surface area contributed by atoms with E-state index in [1.54, 1.807) is 4.57 Å². The molecule has 0 aliphatic carbocycles. The lowest BCUT2D eigenvalue weighted by molar-refractivity contribution is 0.590. The lowest BCUT2D eigenvalue weighted by Gasteiger charge is -2.46. The Kier molecular flexibility index (Phi) is 12.0. The lowest BCUT2D eigenvalue weighted by atomic mass is 9.33. The molecule has 15 aromatic carbocycles. The van der Waals surface area contributed by atoms with Gasteiger partial charge in [-0.2, -0.15) is 0 Å². The summed E-state index contributed by atoms with van der Waals surface area (Å²) < 4.78 is 91.9. The topological polar surface area (TPSA) is 37.7 Å². The van der Waals surface area contributed by atoms with Gasteiger partial charge in [-0.15, -0.1) is 0 Å². The first-order chi connectivity index (χ1) is 54.2. The molecular weight excluding hydrogens is 1260 g/mol. The molecule has 5 nitrogen and oxygen atoms in total. The highest BCUT2D eigenvalue weighted by Crippen LogP contribution is 2.57. The third-order valence-corrected chi connectivity index (χ3v) is 21.5. The number of aromatic nitrogens is 1. The smallest absolute Gasteiger partial charge is 0.252 e. The monoisotopic (exact) mass is 1340 g/mol. The summed E-state index contributed by atoms with van der Waals surface area (Å²) in [4.78, 5) is 5.00. The number of benzene rings is 15. The van der Waals surface area contributed by atoms with E-state index < -0.39 is 48.4 Å². The maximum absolute atomic E-state index is 9.93. The molecule has 0 fully saturated rings. The molecule has 0 saturated heterocycles. The summed E-state index contributed by atoms with van der Waals surface area (Å²) in [5.74, 6) is 0. The van der Waals surface area contributed by atoms with Crippen molar-refractivity contribution in [1.29, 1.82) is 0 Å².